The van der Waals surface area contributed by atoms with E-state index < -0.39 is 0 Å². The van der Waals surface area contributed by atoms with Crippen molar-refractivity contribution in [3.8, 4) is 0 Å². The summed E-state index contributed by atoms with van der Waals surface area (Å²) < 4.78 is 2.06. The first-order valence-electron chi connectivity index (χ1n) is 8.35. The number of amides is 2. The number of aromatic nitrogens is 1. The lowest BCUT2D eigenvalue weighted by Gasteiger charge is -2.35. The Kier molecular flexibility index (Phi) is 2.66. The van der Waals surface area contributed by atoms with Gasteiger partial charge in [-0.3, -0.25) is 19.3 Å². The fourth-order valence-corrected chi connectivity index (χ4v) is 4.60. The number of hydrogen-bond acceptors (Lipinski definition) is 3. The number of hydrogen-bond donors (Lipinski definition) is 0. The van der Waals surface area contributed by atoms with Gasteiger partial charge in [-0.1, -0.05) is 12.1 Å². The summed E-state index contributed by atoms with van der Waals surface area (Å²) >= 11 is 0. The molecule has 1 aromatic heterocycles. The molecule has 1 aromatic carbocycles. The minimum absolute atomic E-state index is 0.121. The summed E-state index contributed by atoms with van der Waals surface area (Å²) in [4.78, 5) is 39.3. The van der Waals surface area contributed by atoms with E-state index in [0.29, 0.717) is 17.5 Å². The number of rotatable bonds is 1. The van der Waals surface area contributed by atoms with Gasteiger partial charge in [0, 0.05) is 24.2 Å². The smallest absolute Gasteiger partial charge is 0.261 e. The highest BCUT2D eigenvalue weighted by atomic mass is 16.2. The van der Waals surface area contributed by atoms with Crippen LogP contribution in [0, 0.1) is 5.92 Å². The van der Waals surface area contributed by atoms with Crippen LogP contribution in [0.5, 0.6) is 0 Å². The van der Waals surface area contributed by atoms with Crippen molar-refractivity contribution in [3.05, 3.63) is 59.4 Å². The Morgan fingerprint density at radius 2 is 1.58 bits per heavy atom. The molecule has 5 nitrogen and oxygen atoms in total. The van der Waals surface area contributed by atoms with E-state index in [1.807, 2.05) is 18.3 Å². The van der Waals surface area contributed by atoms with Crippen molar-refractivity contribution < 1.29 is 14.4 Å². The average Bonchev–Trinajstić information content (AvgIpc) is 3.25. The van der Waals surface area contributed by atoms with Crippen LogP contribution in [-0.2, 0) is 0 Å². The molecule has 1 aliphatic carbocycles. The molecule has 0 N–H and O–H groups in total. The van der Waals surface area contributed by atoms with Crippen molar-refractivity contribution in [1.82, 2.24) is 9.47 Å². The van der Waals surface area contributed by atoms with Gasteiger partial charge in [0.25, 0.3) is 11.8 Å². The Morgan fingerprint density at radius 3 is 2.29 bits per heavy atom. The van der Waals surface area contributed by atoms with Crippen molar-refractivity contribution in [2.24, 2.45) is 5.92 Å². The van der Waals surface area contributed by atoms with E-state index in [1.54, 1.807) is 24.3 Å². The number of Topliss-reactive ketones (excluding diaryl/α,β-unsaturated/α-hetero) is 1. The molecule has 1 saturated carbocycles. The summed E-state index contributed by atoms with van der Waals surface area (Å²) in [7, 11) is 0. The molecule has 3 atom stereocenters. The van der Waals surface area contributed by atoms with Crippen LogP contribution in [-0.4, -0.2) is 33.1 Å². The van der Waals surface area contributed by atoms with E-state index in [9.17, 15) is 14.4 Å². The zero-order valence-corrected chi connectivity index (χ0v) is 13.0. The SMILES string of the molecule is O=C1c2cccn2C2CCC(N3C(=O)c4ccccc4C3=O)CC12. The molecule has 0 radical (unpaired) electrons. The molecule has 0 bridgehead atoms. The van der Waals surface area contributed by atoms with Gasteiger partial charge in [-0.15, -0.1) is 0 Å². The molecule has 5 heteroatoms. The second kappa shape index (κ2) is 4.66. The summed E-state index contributed by atoms with van der Waals surface area (Å²) in [6, 6.07) is 10.7. The highest BCUT2D eigenvalue weighted by Gasteiger charge is 2.48. The van der Waals surface area contributed by atoms with Gasteiger partial charge in [-0.2, -0.15) is 0 Å². The van der Waals surface area contributed by atoms with E-state index in [2.05, 4.69) is 4.57 Å². The topological polar surface area (TPSA) is 59.4 Å². The van der Waals surface area contributed by atoms with Gasteiger partial charge in [-0.05, 0) is 43.5 Å². The van der Waals surface area contributed by atoms with Crippen LogP contribution in [0.2, 0.25) is 0 Å². The molecule has 5 rings (SSSR count). The third-order valence-corrected chi connectivity index (χ3v) is 5.70. The van der Waals surface area contributed by atoms with Gasteiger partial charge in [0.2, 0.25) is 0 Å². The summed E-state index contributed by atoms with van der Waals surface area (Å²) in [5.74, 6) is -0.413. The molecular weight excluding hydrogens is 304 g/mol. The molecule has 3 heterocycles. The normalized spacial score (nSPS) is 28.1. The number of imide groups is 1. The maximum absolute atomic E-state index is 12.7. The highest BCUT2D eigenvalue weighted by Crippen LogP contribution is 2.44. The van der Waals surface area contributed by atoms with Crippen molar-refractivity contribution >= 4 is 17.6 Å². The minimum atomic E-state index is -0.218. The van der Waals surface area contributed by atoms with Crippen molar-refractivity contribution in [2.75, 3.05) is 0 Å². The first-order chi connectivity index (χ1) is 11.7. The Bertz CT molecular complexity index is 863. The fraction of sp³-hybridized carbons (Fsp3) is 0.316. The molecule has 1 fully saturated rings. The molecule has 0 spiro atoms. The zero-order valence-electron chi connectivity index (χ0n) is 13.0. The molecule has 3 aliphatic rings. The Labute approximate surface area is 138 Å². The van der Waals surface area contributed by atoms with Crippen molar-refractivity contribution in [3.63, 3.8) is 0 Å². The number of ketones is 1. The molecule has 2 aromatic rings. The number of carbonyl (C=O) groups excluding carboxylic acids is 3. The Balaban J connectivity index is 1.45. The van der Waals surface area contributed by atoms with Crippen LogP contribution in [0.15, 0.2) is 42.6 Å². The summed E-state index contributed by atoms with van der Waals surface area (Å²) in [5, 5.41) is 0. The summed E-state index contributed by atoms with van der Waals surface area (Å²) in [5.41, 5.74) is 1.72. The summed E-state index contributed by atoms with van der Waals surface area (Å²) in [6.45, 7) is 0. The third-order valence-electron chi connectivity index (χ3n) is 5.70. The van der Waals surface area contributed by atoms with Crippen LogP contribution in [0.3, 0.4) is 0 Å². The van der Waals surface area contributed by atoms with E-state index in [0.717, 1.165) is 18.5 Å². The molecule has 2 amide bonds. The monoisotopic (exact) mass is 320 g/mol. The fourth-order valence-electron chi connectivity index (χ4n) is 4.60. The lowest BCUT2D eigenvalue weighted by Crippen LogP contribution is -2.44. The van der Waals surface area contributed by atoms with Gasteiger partial charge in [-0.25, -0.2) is 0 Å². The second-order valence-corrected chi connectivity index (χ2v) is 6.83. The second-order valence-electron chi connectivity index (χ2n) is 6.83. The van der Waals surface area contributed by atoms with Crippen molar-refractivity contribution in [2.45, 2.75) is 31.3 Å². The van der Waals surface area contributed by atoms with E-state index in [1.165, 1.54) is 4.90 Å². The maximum atomic E-state index is 12.7. The quantitative estimate of drug-likeness (QED) is 0.759. The number of nitrogens with zero attached hydrogens (tertiary/aromatic N) is 2. The molecule has 3 unspecified atom stereocenters. The van der Waals surface area contributed by atoms with Crippen LogP contribution >= 0.6 is 0 Å². The minimum Gasteiger partial charge on any atom is -0.341 e. The lowest BCUT2D eigenvalue weighted by atomic mass is 9.80. The Morgan fingerprint density at radius 1 is 0.875 bits per heavy atom. The van der Waals surface area contributed by atoms with Crippen LogP contribution < -0.4 is 0 Å². The molecule has 120 valence electrons. The molecule has 2 aliphatic heterocycles. The van der Waals surface area contributed by atoms with Gasteiger partial charge in [0.15, 0.2) is 5.78 Å². The third kappa shape index (κ3) is 1.62. The van der Waals surface area contributed by atoms with Gasteiger partial charge >= 0.3 is 0 Å². The number of fused-ring (bicyclic) bond motifs is 4. The predicted molar refractivity (Wildman–Crippen MR) is 85.9 cm³/mol. The van der Waals surface area contributed by atoms with Gasteiger partial charge in [0.1, 0.15) is 0 Å². The van der Waals surface area contributed by atoms with Gasteiger partial charge in [0.05, 0.1) is 16.8 Å². The van der Waals surface area contributed by atoms with E-state index >= 15 is 0 Å². The highest BCUT2D eigenvalue weighted by molar-refractivity contribution is 6.21. The lowest BCUT2D eigenvalue weighted by molar-refractivity contribution is 0.0482. The van der Waals surface area contributed by atoms with E-state index in [-0.39, 0.29) is 35.6 Å². The van der Waals surface area contributed by atoms with Gasteiger partial charge < -0.3 is 4.57 Å². The first-order valence-corrected chi connectivity index (χ1v) is 8.35. The predicted octanol–water partition coefficient (Wildman–Crippen LogP) is 2.69. The number of benzene rings is 1. The zero-order chi connectivity index (χ0) is 16.4. The van der Waals surface area contributed by atoms with E-state index in [4.69, 9.17) is 0 Å². The van der Waals surface area contributed by atoms with Crippen LogP contribution in [0.4, 0.5) is 0 Å². The molecular formula is C19H16N2O3. The largest absolute Gasteiger partial charge is 0.341 e. The molecule has 0 saturated heterocycles. The first kappa shape index (κ1) is 13.7. The standard InChI is InChI=1S/C19H16N2O3/c22-17-14-10-11(7-8-15(14)20-9-3-6-16(17)20)21-18(23)12-4-1-2-5-13(12)19(21)24/h1-6,9,11,14-15H,7-8,10H2. The maximum Gasteiger partial charge on any atom is 0.261 e. The molecule has 24 heavy (non-hydrogen) atoms. The Hall–Kier alpha value is -2.69. The van der Waals surface area contributed by atoms with Crippen LogP contribution in [0.25, 0.3) is 0 Å². The average molecular weight is 320 g/mol. The van der Waals surface area contributed by atoms with Crippen molar-refractivity contribution in [1.29, 1.82) is 0 Å². The van der Waals surface area contributed by atoms with Crippen LogP contribution in [0.1, 0.15) is 56.5 Å². The summed E-state index contributed by atoms with van der Waals surface area (Å²) in [6.07, 6.45) is 4.09. The number of carbonyl (C=O) groups is 3.